The van der Waals surface area contributed by atoms with Gasteiger partial charge in [0.25, 0.3) is 0 Å². The summed E-state index contributed by atoms with van der Waals surface area (Å²) in [6.07, 6.45) is 0.450. The fourth-order valence-corrected chi connectivity index (χ4v) is 2.52. The van der Waals surface area contributed by atoms with E-state index in [1.807, 2.05) is 27.7 Å². The molecule has 1 aliphatic rings. The van der Waals surface area contributed by atoms with Crippen LogP contribution in [0.1, 0.15) is 45.8 Å². The molecule has 1 aromatic heterocycles. The molecule has 26 heavy (non-hydrogen) atoms. The molecule has 1 fully saturated rings. The number of carbonyl (C=O) groups excluding carboxylic acids is 1. The van der Waals surface area contributed by atoms with Gasteiger partial charge in [-0.3, -0.25) is 0 Å². The number of nitrogens with zero attached hydrogens (tertiary/aromatic N) is 4. The van der Waals surface area contributed by atoms with Crippen molar-refractivity contribution in [3.8, 4) is 0 Å². The van der Waals surface area contributed by atoms with Gasteiger partial charge in [-0.25, -0.2) is 9.79 Å². The lowest BCUT2D eigenvalue weighted by molar-refractivity contribution is 0.0507. The summed E-state index contributed by atoms with van der Waals surface area (Å²) < 4.78 is 10.4. The molecule has 1 aromatic rings. The molecule has 1 amide bonds. The van der Waals surface area contributed by atoms with Gasteiger partial charge in [-0.15, -0.1) is 24.0 Å². The number of rotatable bonds is 4. The summed E-state index contributed by atoms with van der Waals surface area (Å²) in [7, 11) is 0. The summed E-state index contributed by atoms with van der Waals surface area (Å²) in [5, 5.41) is 9.93. The van der Waals surface area contributed by atoms with Crippen LogP contribution < -0.4 is 10.6 Å². The third kappa shape index (κ3) is 7.34. The Morgan fingerprint density at radius 3 is 2.77 bits per heavy atom. The van der Waals surface area contributed by atoms with E-state index >= 15 is 0 Å². The Kier molecular flexibility index (Phi) is 8.57. The summed E-state index contributed by atoms with van der Waals surface area (Å²) in [5.74, 6) is 1.85. The monoisotopic (exact) mass is 480 g/mol. The molecule has 0 radical (unpaired) electrons. The number of guanidine groups is 1. The molecule has 1 unspecified atom stereocenters. The lowest BCUT2D eigenvalue weighted by atomic mass is 10.2. The van der Waals surface area contributed by atoms with E-state index in [-0.39, 0.29) is 36.1 Å². The molecule has 0 aromatic carbocycles. The van der Waals surface area contributed by atoms with Crippen molar-refractivity contribution in [1.82, 2.24) is 25.7 Å². The fraction of sp³-hybridized carbons (Fsp3) is 0.750. The maximum absolute atomic E-state index is 11.9. The number of aliphatic imine (C=N–C) groups is 1. The summed E-state index contributed by atoms with van der Waals surface area (Å²) in [6.45, 7) is 11.9. The van der Waals surface area contributed by atoms with E-state index in [2.05, 4.69) is 30.7 Å². The Hall–Kier alpha value is -1.59. The van der Waals surface area contributed by atoms with Crippen molar-refractivity contribution in [2.45, 2.75) is 59.2 Å². The van der Waals surface area contributed by atoms with Gasteiger partial charge in [-0.1, -0.05) is 5.16 Å². The number of likely N-dealkylation sites (tertiary alicyclic amines) is 1. The molecule has 2 rings (SSSR count). The number of hydrogen-bond acceptors (Lipinski definition) is 6. The van der Waals surface area contributed by atoms with Crippen LogP contribution in [0.5, 0.6) is 0 Å². The van der Waals surface area contributed by atoms with E-state index in [9.17, 15) is 4.79 Å². The van der Waals surface area contributed by atoms with Crippen molar-refractivity contribution in [1.29, 1.82) is 0 Å². The van der Waals surface area contributed by atoms with Gasteiger partial charge in [-0.05, 0) is 41.0 Å². The van der Waals surface area contributed by atoms with Gasteiger partial charge in [0, 0.05) is 19.6 Å². The van der Waals surface area contributed by atoms with E-state index in [1.54, 1.807) is 6.92 Å². The van der Waals surface area contributed by atoms with Crippen LogP contribution in [0.2, 0.25) is 0 Å². The Bertz CT molecular complexity index is 613. The first-order valence-electron chi connectivity index (χ1n) is 8.59. The van der Waals surface area contributed by atoms with Crippen molar-refractivity contribution < 1.29 is 14.1 Å². The molecule has 1 aliphatic heterocycles. The van der Waals surface area contributed by atoms with Crippen molar-refractivity contribution in [3.63, 3.8) is 0 Å². The second-order valence-electron chi connectivity index (χ2n) is 6.98. The predicted molar refractivity (Wildman–Crippen MR) is 109 cm³/mol. The minimum atomic E-state index is -0.499. The first-order valence-corrected chi connectivity index (χ1v) is 8.59. The van der Waals surface area contributed by atoms with Gasteiger partial charge in [-0.2, -0.15) is 4.98 Å². The zero-order valence-corrected chi connectivity index (χ0v) is 18.4. The summed E-state index contributed by atoms with van der Waals surface area (Å²) in [6, 6.07) is 0.0318. The normalized spacial score (nSPS) is 17.7. The summed E-state index contributed by atoms with van der Waals surface area (Å²) in [5.41, 5.74) is -0.499. The first-order chi connectivity index (χ1) is 11.8. The molecule has 0 spiro atoms. The number of hydrogen-bond donors (Lipinski definition) is 2. The van der Waals surface area contributed by atoms with Crippen LogP contribution in [-0.2, 0) is 11.3 Å². The summed E-state index contributed by atoms with van der Waals surface area (Å²) >= 11 is 0. The maximum atomic E-state index is 11.9. The van der Waals surface area contributed by atoms with Gasteiger partial charge in [0.05, 0.1) is 6.04 Å². The second kappa shape index (κ2) is 9.93. The Labute approximate surface area is 171 Å². The van der Waals surface area contributed by atoms with Crippen LogP contribution in [0.15, 0.2) is 9.52 Å². The molecule has 10 heteroatoms. The molecule has 9 nitrogen and oxygen atoms in total. The highest BCUT2D eigenvalue weighted by Gasteiger charge is 2.27. The molecule has 0 saturated carbocycles. The second-order valence-corrected chi connectivity index (χ2v) is 6.98. The lowest BCUT2D eigenvalue weighted by Gasteiger charge is -2.23. The van der Waals surface area contributed by atoms with E-state index in [4.69, 9.17) is 9.26 Å². The molecule has 1 saturated heterocycles. The molecule has 0 aliphatic carbocycles. The number of halogens is 1. The first kappa shape index (κ1) is 22.5. The highest BCUT2D eigenvalue weighted by molar-refractivity contribution is 14.0. The van der Waals surface area contributed by atoms with Crippen LogP contribution in [0.25, 0.3) is 0 Å². The average molecular weight is 480 g/mol. The van der Waals surface area contributed by atoms with E-state index < -0.39 is 5.60 Å². The molecule has 0 bridgehead atoms. The van der Waals surface area contributed by atoms with E-state index in [1.165, 1.54) is 0 Å². The van der Waals surface area contributed by atoms with Crippen LogP contribution in [0, 0.1) is 6.92 Å². The zero-order valence-electron chi connectivity index (χ0n) is 16.0. The predicted octanol–water partition coefficient (Wildman–Crippen LogP) is 2.06. The van der Waals surface area contributed by atoms with Gasteiger partial charge in [0.15, 0.2) is 11.8 Å². The van der Waals surface area contributed by atoms with Gasteiger partial charge >= 0.3 is 6.09 Å². The van der Waals surface area contributed by atoms with Gasteiger partial charge in [0.1, 0.15) is 12.1 Å². The fourth-order valence-electron chi connectivity index (χ4n) is 2.52. The van der Waals surface area contributed by atoms with Crippen molar-refractivity contribution in [2.75, 3.05) is 19.6 Å². The molecule has 2 heterocycles. The number of ether oxygens (including phenoxy) is 1. The van der Waals surface area contributed by atoms with E-state index in [0.717, 1.165) is 25.5 Å². The van der Waals surface area contributed by atoms with Crippen molar-refractivity contribution in [2.24, 2.45) is 4.99 Å². The number of carbonyl (C=O) groups is 1. The quantitative estimate of drug-likeness (QED) is 0.386. The third-order valence-corrected chi connectivity index (χ3v) is 3.48. The molecule has 148 valence electrons. The van der Waals surface area contributed by atoms with Crippen molar-refractivity contribution >= 4 is 36.0 Å². The van der Waals surface area contributed by atoms with E-state index in [0.29, 0.717) is 24.8 Å². The molecule has 1 atom stereocenters. The number of aryl methyl sites for hydroxylation is 1. The highest BCUT2D eigenvalue weighted by Crippen LogP contribution is 2.12. The van der Waals surface area contributed by atoms with Gasteiger partial charge in [0.2, 0.25) is 5.89 Å². The standard InChI is InChI=1S/C16H28N6O3.HI/c1-6-17-14(18-9-13-19-11(2)21-25-13)22-8-7-12(10-22)20-15(23)24-16(3,4)5;/h12H,6-10H2,1-5H3,(H,17,18)(H,20,23);1H. The van der Waals surface area contributed by atoms with Crippen LogP contribution >= 0.6 is 24.0 Å². The molecule has 2 N–H and O–H groups in total. The summed E-state index contributed by atoms with van der Waals surface area (Å²) in [4.78, 5) is 22.7. The maximum Gasteiger partial charge on any atom is 0.407 e. The minimum Gasteiger partial charge on any atom is -0.444 e. The smallest absolute Gasteiger partial charge is 0.407 e. The number of alkyl carbamates (subject to hydrolysis) is 1. The number of aromatic nitrogens is 2. The van der Waals surface area contributed by atoms with Crippen molar-refractivity contribution in [3.05, 3.63) is 11.7 Å². The Morgan fingerprint density at radius 2 is 2.19 bits per heavy atom. The Balaban J connectivity index is 0.00000338. The topological polar surface area (TPSA) is 105 Å². The lowest BCUT2D eigenvalue weighted by Crippen LogP contribution is -2.44. The van der Waals surface area contributed by atoms with Crippen LogP contribution in [0.3, 0.4) is 0 Å². The van der Waals surface area contributed by atoms with Crippen LogP contribution in [0.4, 0.5) is 4.79 Å². The highest BCUT2D eigenvalue weighted by atomic mass is 127. The Morgan fingerprint density at radius 1 is 1.46 bits per heavy atom. The largest absolute Gasteiger partial charge is 0.444 e. The zero-order chi connectivity index (χ0) is 18.4. The minimum absolute atomic E-state index is 0. The average Bonchev–Trinajstić information content (AvgIpc) is 3.10. The SMILES string of the molecule is CCNC(=NCc1nc(C)no1)N1CCC(NC(=O)OC(C)(C)C)C1.I. The number of nitrogens with one attached hydrogen (secondary N) is 2. The molecular formula is C16H29IN6O3. The number of amides is 1. The third-order valence-electron chi connectivity index (χ3n) is 3.48. The van der Waals surface area contributed by atoms with Crippen LogP contribution in [-0.4, -0.2) is 58.4 Å². The van der Waals surface area contributed by atoms with Gasteiger partial charge < -0.3 is 24.8 Å². The molecular weight excluding hydrogens is 451 g/mol.